The summed E-state index contributed by atoms with van der Waals surface area (Å²) in [4.78, 5) is -2.81. The lowest BCUT2D eigenvalue weighted by molar-refractivity contribution is -0.138. The van der Waals surface area contributed by atoms with Gasteiger partial charge in [-0.25, -0.2) is 11.1 Å². The molecule has 6 aromatic carbocycles. The van der Waals surface area contributed by atoms with Crippen molar-refractivity contribution in [1.82, 2.24) is 0 Å². The molecule has 0 saturated carbocycles. The molecule has 0 fully saturated rings. The van der Waals surface area contributed by atoms with Gasteiger partial charge in [0, 0.05) is 33.3 Å². The molecule has 0 aliphatic heterocycles. The number of halogens is 6. The Morgan fingerprint density at radius 1 is 0.536 bits per heavy atom. The van der Waals surface area contributed by atoms with Crippen molar-refractivity contribution in [3.8, 4) is 44.9 Å². The van der Waals surface area contributed by atoms with Crippen LogP contribution in [0, 0.1) is 11.1 Å². The van der Waals surface area contributed by atoms with Crippen LogP contribution in [-0.4, -0.2) is 36.2 Å². The number of phenolic OH excluding ortho intramolecular Hbond substituents is 2. The first-order valence-electron chi connectivity index (χ1n) is 15.2. The molecular weight excluding hydrogens is 799 g/mol. The van der Waals surface area contributed by atoms with E-state index in [1.165, 1.54) is 12.1 Å². The summed E-state index contributed by atoms with van der Waals surface area (Å²) in [6.07, 6.45) is -10.8. The summed E-state index contributed by atoms with van der Waals surface area (Å²) in [6, 6.07) is 10.3. The van der Waals surface area contributed by atoms with Crippen molar-refractivity contribution in [2.75, 3.05) is 11.5 Å². The van der Waals surface area contributed by atoms with E-state index < -0.39 is 121 Å². The number of anilines is 2. The van der Waals surface area contributed by atoms with Crippen LogP contribution in [0.3, 0.4) is 0 Å². The van der Waals surface area contributed by atoms with Crippen LogP contribution in [0.1, 0.15) is 11.1 Å². The summed E-state index contributed by atoms with van der Waals surface area (Å²) in [5, 5.41) is 25.8. The first-order chi connectivity index (χ1) is 25.9. The fourth-order valence-electron chi connectivity index (χ4n) is 6.50. The smallest absolute Gasteiger partial charge is 0.417 e. The maximum absolute atomic E-state index is 14.9. The lowest BCUT2D eigenvalue weighted by Crippen LogP contribution is -2.11. The van der Waals surface area contributed by atoms with Crippen LogP contribution in [0.15, 0.2) is 92.8 Å². The second-order valence-corrected chi connectivity index (χ2v) is 14.8. The average Bonchev–Trinajstić information content (AvgIpc) is 3.09. The Morgan fingerprint density at radius 3 is 1.16 bits per heavy atom. The number of rotatable bonds is 7. The Balaban J connectivity index is 1.71. The molecule has 0 saturated heterocycles. The molecule has 0 spiro atoms. The Hall–Kier alpha value is -6.36. The monoisotopic (exact) mass is 820 g/mol. The standard InChI is InChI=1S/C34H22F6N6O8S2/c35-33(36,37)23-9-13(1-5-19(23)25-21-11-15(41)3-7-17(21)29(47)27(45-43)31(25)55(49,50)51)14-2-6-20(24(10-14)34(38,39)40)26-22-12-16(42)4-8-18(22)30(48)28(46-44)32(26)56(52,53)54/h1-12,43-44,47-48H,41-42H2,(H,49,50,51)(H,52,53,54). The van der Waals surface area contributed by atoms with E-state index in [0.717, 1.165) is 36.4 Å². The lowest BCUT2D eigenvalue weighted by Gasteiger charge is -2.22. The van der Waals surface area contributed by atoms with E-state index in [2.05, 4.69) is 10.2 Å². The van der Waals surface area contributed by atoms with Crippen LogP contribution in [0.5, 0.6) is 11.5 Å². The zero-order chi connectivity index (χ0) is 41.4. The number of hydrogen-bond donors (Lipinski definition) is 8. The van der Waals surface area contributed by atoms with Crippen LogP contribution < -0.4 is 11.5 Å². The van der Waals surface area contributed by atoms with Crippen LogP contribution >= 0.6 is 0 Å². The second-order valence-electron chi connectivity index (χ2n) is 12.1. The van der Waals surface area contributed by atoms with Crippen LogP contribution in [-0.2, 0) is 32.6 Å². The lowest BCUT2D eigenvalue weighted by atomic mass is 9.88. The molecule has 0 unspecified atom stereocenters. The summed E-state index contributed by atoms with van der Waals surface area (Å²) in [5.74, 6) is -2.00. The average molecular weight is 821 g/mol. The minimum absolute atomic E-state index is 0.135. The third-order valence-corrected chi connectivity index (χ3v) is 10.6. The molecule has 0 aliphatic rings. The number of nitrogens with zero attached hydrogens (tertiary/aromatic N) is 2. The number of benzene rings is 6. The summed E-state index contributed by atoms with van der Waals surface area (Å²) >= 11 is 0. The molecule has 0 heterocycles. The highest BCUT2D eigenvalue weighted by Crippen LogP contribution is 2.53. The van der Waals surface area contributed by atoms with Gasteiger partial charge in [0.05, 0.1) is 11.1 Å². The zero-order valence-electron chi connectivity index (χ0n) is 27.5. The molecule has 0 radical (unpaired) electrons. The Kier molecular flexibility index (Phi) is 9.23. The van der Waals surface area contributed by atoms with Crippen molar-refractivity contribution in [1.29, 1.82) is 11.1 Å². The van der Waals surface area contributed by atoms with E-state index in [4.69, 9.17) is 22.5 Å². The third-order valence-electron chi connectivity index (χ3n) is 8.73. The molecule has 6 aromatic rings. The number of nitrogens with two attached hydrogens (primary N) is 2. The van der Waals surface area contributed by atoms with Crippen molar-refractivity contribution in [2.24, 2.45) is 10.2 Å². The minimum Gasteiger partial charge on any atom is -0.505 e. The van der Waals surface area contributed by atoms with Crippen molar-refractivity contribution < 1.29 is 62.5 Å². The topological polar surface area (TPSA) is 274 Å². The van der Waals surface area contributed by atoms with E-state index in [1.807, 2.05) is 0 Å². The van der Waals surface area contributed by atoms with Gasteiger partial charge in [0.1, 0.15) is 21.2 Å². The van der Waals surface area contributed by atoms with Gasteiger partial charge in [-0.15, -0.1) is 0 Å². The number of nitrogen functional groups attached to an aromatic ring is 2. The van der Waals surface area contributed by atoms with Gasteiger partial charge in [-0.3, -0.25) is 9.11 Å². The molecule has 0 atom stereocenters. The number of alkyl halides is 6. The molecular formula is C34H22F6N6O8S2. The van der Waals surface area contributed by atoms with E-state index in [-0.39, 0.29) is 22.1 Å². The van der Waals surface area contributed by atoms with Gasteiger partial charge in [-0.2, -0.15) is 53.4 Å². The fraction of sp³-hybridized carbons (Fsp3) is 0.0588. The Bertz CT molecular complexity index is 2740. The van der Waals surface area contributed by atoms with Crippen molar-refractivity contribution in [3.63, 3.8) is 0 Å². The normalized spacial score (nSPS) is 12.6. The van der Waals surface area contributed by atoms with Gasteiger partial charge in [0.15, 0.2) is 11.5 Å². The summed E-state index contributed by atoms with van der Waals surface area (Å²) < 4.78 is 161. The van der Waals surface area contributed by atoms with Crippen LogP contribution in [0.4, 0.5) is 49.1 Å². The molecule has 290 valence electrons. The van der Waals surface area contributed by atoms with Gasteiger partial charge >= 0.3 is 12.4 Å². The van der Waals surface area contributed by atoms with Crippen LogP contribution in [0.2, 0.25) is 0 Å². The minimum atomic E-state index is -5.58. The molecule has 0 aromatic heterocycles. The predicted molar refractivity (Wildman–Crippen MR) is 189 cm³/mol. The zero-order valence-corrected chi connectivity index (χ0v) is 29.1. The highest BCUT2D eigenvalue weighted by atomic mass is 32.2. The molecule has 56 heavy (non-hydrogen) atoms. The number of hydrogen-bond acceptors (Lipinski definition) is 12. The predicted octanol–water partition coefficient (Wildman–Crippen LogP) is 9.43. The molecule has 22 heteroatoms. The first-order valence-corrected chi connectivity index (χ1v) is 18.1. The van der Waals surface area contributed by atoms with Crippen molar-refractivity contribution in [3.05, 3.63) is 83.9 Å². The van der Waals surface area contributed by atoms with E-state index in [9.17, 15) is 62.5 Å². The number of nitrogens with one attached hydrogen (secondary N) is 2. The summed E-state index contributed by atoms with van der Waals surface area (Å²) in [5.41, 5.74) is 15.8. The van der Waals surface area contributed by atoms with E-state index in [1.54, 1.807) is 0 Å². The maximum atomic E-state index is 14.9. The molecule has 14 nitrogen and oxygen atoms in total. The highest BCUT2D eigenvalue weighted by Gasteiger charge is 2.40. The largest absolute Gasteiger partial charge is 0.505 e. The second kappa shape index (κ2) is 13.1. The van der Waals surface area contributed by atoms with E-state index in [0.29, 0.717) is 24.3 Å². The summed E-state index contributed by atoms with van der Waals surface area (Å²) in [6.45, 7) is 0. The van der Waals surface area contributed by atoms with E-state index >= 15 is 0 Å². The first kappa shape index (κ1) is 39.3. The highest BCUT2D eigenvalue weighted by molar-refractivity contribution is 7.86. The van der Waals surface area contributed by atoms with Crippen molar-refractivity contribution >= 4 is 64.5 Å². The molecule has 0 bridgehead atoms. The number of aromatic hydroxyl groups is 2. The number of phenols is 2. The number of fused-ring (bicyclic) bond motifs is 2. The van der Waals surface area contributed by atoms with Gasteiger partial charge in [0.25, 0.3) is 20.2 Å². The molecule has 10 N–H and O–H groups in total. The van der Waals surface area contributed by atoms with Crippen LogP contribution in [0.25, 0.3) is 54.9 Å². The SMILES string of the molecule is N=Nc1c(S(=O)(=O)O)c(-c2ccc(-c3ccc(-c4c(S(=O)(=O)O)c(N=N)c(O)c5ccc(N)cc45)c(C(F)(F)F)c3)cc2C(F)(F)F)c2cc(N)ccc2c1O. The van der Waals surface area contributed by atoms with Crippen molar-refractivity contribution in [2.45, 2.75) is 22.1 Å². The third kappa shape index (κ3) is 6.56. The maximum Gasteiger partial charge on any atom is 0.417 e. The van der Waals surface area contributed by atoms with Gasteiger partial charge < -0.3 is 21.7 Å². The molecule has 0 amide bonds. The Labute approximate surface area is 310 Å². The molecule has 6 rings (SSSR count). The summed E-state index contributed by atoms with van der Waals surface area (Å²) in [7, 11) is -11.2. The van der Waals surface area contributed by atoms with Gasteiger partial charge in [-0.1, -0.05) is 24.3 Å². The quantitative estimate of drug-likeness (QED) is 0.0327. The molecule has 0 aliphatic carbocycles. The van der Waals surface area contributed by atoms with Gasteiger partial charge in [-0.05, 0) is 81.6 Å². The Morgan fingerprint density at radius 2 is 0.875 bits per heavy atom. The fourth-order valence-corrected chi connectivity index (χ4v) is 8.23. The van der Waals surface area contributed by atoms with Gasteiger partial charge in [0.2, 0.25) is 0 Å².